The molecule has 0 spiro atoms. The third kappa shape index (κ3) is 8.23. The van der Waals surface area contributed by atoms with Crippen LogP contribution in [0.2, 0.25) is 0 Å². The molecule has 3 amide bonds. The maximum atomic E-state index is 13.2. The molecular formula is C23H32N4O8. The molecule has 0 radical (unpaired) electrons. The Kier molecular flexibility index (Phi) is 9.15. The van der Waals surface area contributed by atoms with Gasteiger partial charge in [-0.1, -0.05) is 13.8 Å². The number of alkyl carbamates (subject to hydrolysis) is 1. The molecule has 1 fully saturated rings. The molecule has 0 aromatic heterocycles. The summed E-state index contributed by atoms with van der Waals surface area (Å²) in [6, 6.07) is 3.26. The number of carbonyl (C=O) groups is 4. The van der Waals surface area contributed by atoms with Gasteiger partial charge in [-0.05, 0) is 51.7 Å². The number of nitro benzene ring substituents is 1. The number of esters is 1. The van der Waals surface area contributed by atoms with E-state index >= 15 is 0 Å². The van der Waals surface area contributed by atoms with Crippen molar-refractivity contribution in [2.45, 2.75) is 65.1 Å². The molecule has 1 heterocycles. The number of hydrogen-bond acceptors (Lipinski definition) is 8. The van der Waals surface area contributed by atoms with Crippen molar-refractivity contribution < 1.29 is 33.6 Å². The number of nitrogens with one attached hydrogen (secondary N) is 2. The molecule has 0 unspecified atom stereocenters. The second kappa shape index (κ2) is 11.6. The van der Waals surface area contributed by atoms with Gasteiger partial charge in [-0.25, -0.2) is 9.59 Å². The van der Waals surface area contributed by atoms with Gasteiger partial charge < -0.3 is 25.0 Å². The van der Waals surface area contributed by atoms with Crippen LogP contribution in [-0.2, 0) is 19.1 Å². The van der Waals surface area contributed by atoms with Gasteiger partial charge in [0.1, 0.15) is 30.0 Å². The molecule has 0 aliphatic carbocycles. The minimum absolute atomic E-state index is 0.0977. The highest BCUT2D eigenvalue weighted by molar-refractivity contribution is 5.93. The van der Waals surface area contributed by atoms with Crippen molar-refractivity contribution in [2.75, 3.05) is 13.1 Å². The van der Waals surface area contributed by atoms with E-state index in [1.165, 1.54) is 29.2 Å². The summed E-state index contributed by atoms with van der Waals surface area (Å²) in [6.07, 6.45) is 0.277. The van der Waals surface area contributed by atoms with Crippen LogP contribution < -0.4 is 15.4 Å². The highest BCUT2D eigenvalue weighted by atomic mass is 16.6. The lowest BCUT2D eigenvalue weighted by Crippen LogP contribution is -2.56. The Labute approximate surface area is 203 Å². The van der Waals surface area contributed by atoms with Crippen molar-refractivity contribution in [3.8, 4) is 5.75 Å². The first-order valence-corrected chi connectivity index (χ1v) is 11.3. The van der Waals surface area contributed by atoms with Gasteiger partial charge in [0.25, 0.3) is 5.69 Å². The number of rotatable bonds is 8. The fraction of sp³-hybridized carbons (Fsp3) is 0.565. The van der Waals surface area contributed by atoms with E-state index in [1.807, 2.05) is 0 Å². The molecule has 2 atom stereocenters. The van der Waals surface area contributed by atoms with Crippen molar-refractivity contribution >= 4 is 29.6 Å². The molecule has 12 heteroatoms. The van der Waals surface area contributed by atoms with Crippen LogP contribution in [0.25, 0.3) is 0 Å². The summed E-state index contributed by atoms with van der Waals surface area (Å²) in [5.74, 6) is -1.85. The quantitative estimate of drug-likeness (QED) is 0.242. The summed E-state index contributed by atoms with van der Waals surface area (Å²) in [5.41, 5.74) is -0.877. The average Bonchev–Trinajstić information content (AvgIpc) is 3.24. The number of likely N-dealkylation sites (tertiary alicyclic amines) is 1. The number of nitrogens with zero attached hydrogens (tertiary/aromatic N) is 2. The Morgan fingerprint density at radius 1 is 1.17 bits per heavy atom. The van der Waals surface area contributed by atoms with E-state index in [0.29, 0.717) is 19.4 Å². The number of nitro groups is 1. The molecule has 2 rings (SSSR count). The monoisotopic (exact) mass is 492 g/mol. The topological polar surface area (TPSA) is 157 Å². The number of non-ortho nitro benzene ring substituents is 1. The molecule has 1 saturated heterocycles. The number of carbonyl (C=O) groups excluding carboxylic acids is 4. The fourth-order valence-corrected chi connectivity index (χ4v) is 3.51. The largest absolute Gasteiger partial charge is 0.444 e. The highest BCUT2D eigenvalue weighted by Gasteiger charge is 2.39. The average molecular weight is 493 g/mol. The van der Waals surface area contributed by atoms with Crippen LogP contribution in [0, 0.1) is 16.0 Å². The van der Waals surface area contributed by atoms with E-state index in [1.54, 1.807) is 34.6 Å². The summed E-state index contributed by atoms with van der Waals surface area (Å²) < 4.78 is 10.3. The number of ether oxygens (including phenoxy) is 2. The Bertz CT molecular complexity index is 955. The van der Waals surface area contributed by atoms with Crippen LogP contribution in [-0.4, -0.2) is 64.5 Å². The zero-order chi connectivity index (χ0) is 26.3. The van der Waals surface area contributed by atoms with Gasteiger partial charge in [-0.3, -0.25) is 19.7 Å². The Morgan fingerprint density at radius 3 is 2.34 bits per heavy atom. The molecule has 0 bridgehead atoms. The van der Waals surface area contributed by atoms with Crippen LogP contribution in [0.4, 0.5) is 10.5 Å². The molecule has 1 aromatic rings. The number of benzene rings is 1. The van der Waals surface area contributed by atoms with Gasteiger partial charge in [0, 0.05) is 18.7 Å². The first-order chi connectivity index (χ1) is 16.3. The fourth-order valence-electron chi connectivity index (χ4n) is 3.51. The molecule has 192 valence electrons. The summed E-state index contributed by atoms with van der Waals surface area (Å²) in [7, 11) is 0. The summed E-state index contributed by atoms with van der Waals surface area (Å²) in [5, 5.41) is 15.8. The molecule has 35 heavy (non-hydrogen) atoms. The van der Waals surface area contributed by atoms with E-state index in [0.717, 1.165) is 0 Å². The van der Waals surface area contributed by atoms with Gasteiger partial charge in [0.15, 0.2) is 0 Å². The van der Waals surface area contributed by atoms with Gasteiger partial charge in [-0.2, -0.15) is 0 Å². The van der Waals surface area contributed by atoms with Crippen LogP contribution >= 0.6 is 0 Å². The molecule has 1 aliphatic heterocycles. The molecule has 0 saturated carbocycles. The molecular weight excluding hydrogens is 460 g/mol. The minimum Gasteiger partial charge on any atom is -0.444 e. The maximum Gasteiger partial charge on any atom is 0.408 e. The molecule has 12 nitrogen and oxygen atoms in total. The molecule has 2 N–H and O–H groups in total. The second-order valence-electron chi connectivity index (χ2n) is 9.50. The van der Waals surface area contributed by atoms with Gasteiger partial charge in [0.2, 0.25) is 11.8 Å². The Hall–Kier alpha value is -3.70. The van der Waals surface area contributed by atoms with E-state index < -0.39 is 53.0 Å². The smallest absolute Gasteiger partial charge is 0.408 e. The zero-order valence-corrected chi connectivity index (χ0v) is 20.5. The van der Waals surface area contributed by atoms with Crippen molar-refractivity contribution in [1.82, 2.24) is 15.5 Å². The summed E-state index contributed by atoms with van der Waals surface area (Å²) in [6.45, 7) is 8.59. The van der Waals surface area contributed by atoms with Crippen LogP contribution in [0.1, 0.15) is 47.5 Å². The van der Waals surface area contributed by atoms with E-state index in [2.05, 4.69) is 10.6 Å². The SMILES string of the molecule is CC(C)[C@H](NC(=O)OC(C)(C)C)C(=O)N1CCC[C@H]1C(=O)NCC(=O)Oc1ccc([N+](=O)[O-])cc1. The van der Waals surface area contributed by atoms with Crippen LogP contribution in [0.5, 0.6) is 5.75 Å². The number of amides is 3. The van der Waals surface area contributed by atoms with Crippen molar-refractivity contribution in [3.05, 3.63) is 34.4 Å². The lowest BCUT2D eigenvalue weighted by Gasteiger charge is -2.31. The van der Waals surface area contributed by atoms with Crippen molar-refractivity contribution in [2.24, 2.45) is 5.92 Å². The van der Waals surface area contributed by atoms with E-state index in [4.69, 9.17) is 9.47 Å². The predicted octanol–water partition coefficient (Wildman–Crippen LogP) is 2.16. The predicted molar refractivity (Wildman–Crippen MR) is 124 cm³/mol. The first-order valence-electron chi connectivity index (χ1n) is 11.3. The summed E-state index contributed by atoms with van der Waals surface area (Å²) >= 11 is 0. The van der Waals surface area contributed by atoms with Crippen molar-refractivity contribution in [1.29, 1.82) is 0 Å². The lowest BCUT2D eigenvalue weighted by molar-refractivity contribution is -0.384. The van der Waals surface area contributed by atoms with E-state index in [-0.39, 0.29) is 17.4 Å². The van der Waals surface area contributed by atoms with E-state index in [9.17, 15) is 29.3 Å². The maximum absolute atomic E-state index is 13.2. The molecule has 1 aliphatic rings. The minimum atomic E-state index is -0.884. The summed E-state index contributed by atoms with van der Waals surface area (Å²) in [4.78, 5) is 61.8. The highest BCUT2D eigenvalue weighted by Crippen LogP contribution is 2.21. The third-order valence-electron chi connectivity index (χ3n) is 5.13. The second-order valence-corrected chi connectivity index (χ2v) is 9.50. The molecule has 1 aromatic carbocycles. The first kappa shape index (κ1) is 27.5. The van der Waals surface area contributed by atoms with Gasteiger partial charge >= 0.3 is 12.1 Å². The number of hydrogen-bond donors (Lipinski definition) is 2. The normalized spacial score (nSPS) is 16.4. The zero-order valence-electron chi connectivity index (χ0n) is 20.5. The van der Waals surface area contributed by atoms with Gasteiger partial charge in [0.05, 0.1) is 4.92 Å². The Morgan fingerprint density at radius 2 is 1.80 bits per heavy atom. The standard InChI is InChI=1S/C23H32N4O8/c1-14(2)19(25-22(31)35-23(3,4)5)21(30)26-12-6-7-17(26)20(29)24-13-18(28)34-16-10-8-15(9-11-16)27(32)33/h8-11,14,17,19H,6-7,12-13H2,1-5H3,(H,24,29)(H,25,31)/t17-,19-/m0/s1. The van der Waals surface area contributed by atoms with Crippen molar-refractivity contribution in [3.63, 3.8) is 0 Å². The Balaban J connectivity index is 1.95. The third-order valence-corrected chi connectivity index (χ3v) is 5.13. The van der Waals surface area contributed by atoms with Crippen LogP contribution in [0.15, 0.2) is 24.3 Å². The van der Waals surface area contributed by atoms with Gasteiger partial charge in [-0.15, -0.1) is 0 Å². The van der Waals surface area contributed by atoms with Crippen LogP contribution in [0.3, 0.4) is 0 Å². The lowest BCUT2D eigenvalue weighted by atomic mass is 10.0.